The van der Waals surface area contributed by atoms with Crippen LogP contribution in [0.5, 0.6) is 0 Å². The molecule has 0 saturated heterocycles. The van der Waals surface area contributed by atoms with Crippen LogP contribution in [0.25, 0.3) is 0 Å². The number of halogens is 1. The molecule has 0 heterocycles. The van der Waals surface area contributed by atoms with E-state index >= 15 is 0 Å². The Bertz CT molecular complexity index is 420. The minimum absolute atomic E-state index is 0.212. The fraction of sp³-hybridized carbons (Fsp3) is 0.333. The Balaban J connectivity index is 2.29. The van der Waals surface area contributed by atoms with Gasteiger partial charge in [-0.25, -0.2) is 0 Å². The van der Waals surface area contributed by atoms with Crippen LogP contribution in [0.1, 0.15) is 23.2 Å². The van der Waals surface area contributed by atoms with Crippen molar-refractivity contribution in [2.75, 3.05) is 6.54 Å². The predicted molar refractivity (Wildman–Crippen MR) is 68.6 cm³/mol. The zero-order valence-corrected chi connectivity index (χ0v) is 10.5. The molecule has 1 amide bonds. The normalized spacial score (nSPS) is 11.9. The van der Waals surface area contributed by atoms with Gasteiger partial charge in [0.25, 0.3) is 5.91 Å². The number of carboxylic acids is 1. The summed E-state index contributed by atoms with van der Waals surface area (Å²) >= 11 is 5.71. The van der Waals surface area contributed by atoms with E-state index in [0.717, 1.165) is 0 Å². The maximum absolute atomic E-state index is 11.6. The monoisotopic (exact) mass is 270 g/mol. The lowest BCUT2D eigenvalue weighted by Crippen LogP contribution is -2.32. The van der Waals surface area contributed by atoms with Crippen LogP contribution >= 0.6 is 11.6 Å². The average Bonchev–Trinajstić information content (AvgIpc) is 2.34. The molecule has 98 valence electrons. The molecule has 1 aromatic rings. The van der Waals surface area contributed by atoms with Crippen LogP contribution in [-0.4, -0.2) is 29.6 Å². The number of carbonyl (C=O) groups is 2. The average molecular weight is 271 g/mol. The van der Waals surface area contributed by atoms with Crippen LogP contribution in [0.2, 0.25) is 5.02 Å². The quantitative estimate of drug-likeness (QED) is 0.679. The van der Waals surface area contributed by atoms with Gasteiger partial charge >= 0.3 is 5.97 Å². The van der Waals surface area contributed by atoms with Crippen LogP contribution in [0, 0.1) is 0 Å². The lowest BCUT2D eigenvalue weighted by molar-refractivity contribution is -0.138. The number of nitrogens with two attached hydrogens (primary N) is 1. The third-order valence-corrected chi connectivity index (χ3v) is 2.65. The summed E-state index contributed by atoms with van der Waals surface area (Å²) in [4.78, 5) is 22.1. The van der Waals surface area contributed by atoms with Crippen molar-refractivity contribution in [3.05, 3.63) is 34.9 Å². The first kappa shape index (κ1) is 14.5. The zero-order valence-electron chi connectivity index (χ0n) is 9.73. The van der Waals surface area contributed by atoms with E-state index in [9.17, 15) is 9.59 Å². The predicted octanol–water partition coefficient (Wildman–Crippen LogP) is 1.26. The summed E-state index contributed by atoms with van der Waals surface area (Å²) in [5.41, 5.74) is 5.85. The third-order valence-electron chi connectivity index (χ3n) is 2.40. The number of carboxylic acid groups (broad SMARTS) is 1. The second-order valence-electron chi connectivity index (χ2n) is 3.85. The van der Waals surface area contributed by atoms with Crippen molar-refractivity contribution < 1.29 is 14.7 Å². The summed E-state index contributed by atoms with van der Waals surface area (Å²) in [6.45, 7) is 0.391. The van der Waals surface area contributed by atoms with Crippen molar-refractivity contribution >= 4 is 23.5 Å². The third kappa shape index (κ3) is 4.73. The van der Waals surface area contributed by atoms with Crippen LogP contribution in [0.4, 0.5) is 0 Å². The Hall–Kier alpha value is -1.59. The van der Waals surface area contributed by atoms with Crippen LogP contribution in [0.15, 0.2) is 24.3 Å². The molecule has 0 aliphatic heterocycles. The number of benzene rings is 1. The minimum Gasteiger partial charge on any atom is -0.480 e. The van der Waals surface area contributed by atoms with Gasteiger partial charge in [0.2, 0.25) is 0 Å². The SMILES string of the molecule is N[C@@H](CCCNC(=O)c1ccc(Cl)cc1)C(=O)O. The molecular formula is C12H15ClN2O3. The van der Waals surface area contributed by atoms with Crippen molar-refractivity contribution in [1.29, 1.82) is 0 Å². The Kier molecular flexibility index (Phi) is 5.61. The van der Waals surface area contributed by atoms with Crippen LogP contribution in [0.3, 0.4) is 0 Å². The second-order valence-corrected chi connectivity index (χ2v) is 4.29. The molecule has 0 spiro atoms. The van der Waals surface area contributed by atoms with Crippen LogP contribution < -0.4 is 11.1 Å². The fourth-order valence-corrected chi connectivity index (χ4v) is 1.48. The Morgan fingerprint density at radius 2 is 1.94 bits per heavy atom. The lowest BCUT2D eigenvalue weighted by Gasteiger charge is -2.07. The molecule has 6 heteroatoms. The molecule has 1 atom stereocenters. The maximum Gasteiger partial charge on any atom is 0.320 e. The van der Waals surface area contributed by atoms with Crippen molar-refractivity contribution in [2.24, 2.45) is 5.73 Å². The van der Waals surface area contributed by atoms with E-state index in [-0.39, 0.29) is 5.91 Å². The van der Waals surface area contributed by atoms with Crippen molar-refractivity contribution in [2.45, 2.75) is 18.9 Å². The fourth-order valence-electron chi connectivity index (χ4n) is 1.35. The molecule has 0 aliphatic carbocycles. The van der Waals surface area contributed by atoms with Gasteiger partial charge < -0.3 is 16.2 Å². The van der Waals surface area contributed by atoms with Gasteiger partial charge in [-0.3, -0.25) is 9.59 Å². The summed E-state index contributed by atoms with van der Waals surface area (Å²) in [6.07, 6.45) is 0.850. The number of amides is 1. The van der Waals surface area contributed by atoms with E-state index in [2.05, 4.69) is 5.32 Å². The molecule has 18 heavy (non-hydrogen) atoms. The van der Waals surface area contributed by atoms with Crippen molar-refractivity contribution in [1.82, 2.24) is 5.32 Å². The first-order valence-electron chi connectivity index (χ1n) is 5.53. The molecule has 0 saturated carbocycles. The summed E-state index contributed by atoms with van der Waals surface area (Å²) in [5.74, 6) is -1.24. The molecular weight excluding hydrogens is 256 g/mol. The van der Waals surface area contributed by atoms with Crippen molar-refractivity contribution in [3.63, 3.8) is 0 Å². The zero-order chi connectivity index (χ0) is 13.5. The smallest absolute Gasteiger partial charge is 0.320 e. The van der Waals surface area contributed by atoms with E-state index in [1.54, 1.807) is 24.3 Å². The molecule has 0 radical (unpaired) electrons. The topological polar surface area (TPSA) is 92.4 Å². The highest BCUT2D eigenvalue weighted by Gasteiger charge is 2.10. The Labute approximate surface area is 110 Å². The summed E-state index contributed by atoms with van der Waals surface area (Å²) in [6, 6.07) is 5.65. The summed E-state index contributed by atoms with van der Waals surface area (Å²) in [5, 5.41) is 11.8. The molecule has 0 aromatic heterocycles. The van der Waals surface area contributed by atoms with E-state index < -0.39 is 12.0 Å². The largest absolute Gasteiger partial charge is 0.480 e. The highest BCUT2D eigenvalue weighted by molar-refractivity contribution is 6.30. The number of rotatable bonds is 6. The first-order chi connectivity index (χ1) is 8.50. The highest BCUT2D eigenvalue weighted by Crippen LogP contribution is 2.09. The molecule has 1 aromatic carbocycles. The maximum atomic E-state index is 11.6. The lowest BCUT2D eigenvalue weighted by atomic mass is 10.1. The highest BCUT2D eigenvalue weighted by atomic mass is 35.5. The summed E-state index contributed by atoms with van der Waals surface area (Å²) in [7, 11) is 0. The van der Waals surface area contributed by atoms with Gasteiger partial charge in [0.15, 0.2) is 0 Å². The van der Waals surface area contributed by atoms with Gasteiger partial charge in [0.1, 0.15) is 6.04 Å². The molecule has 5 nitrogen and oxygen atoms in total. The molecule has 0 unspecified atom stereocenters. The molecule has 0 aliphatic rings. The van der Waals surface area contributed by atoms with Gasteiger partial charge in [0.05, 0.1) is 0 Å². The Morgan fingerprint density at radius 3 is 2.50 bits per heavy atom. The standard InChI is InChI=1S/C12H15ClN2O3/c13-9-5-3-8(4-6-9)11(16)15-7-1-2-10(14)12(17)18/h3-6,10H,1-2,7,14H2,(H,15,16)(H,17,18)/t10-/m0/s1. The molecule has 1 rings (SSSR count). The molecule has 0 bridgehead atoms. The van der Waals surface area contributed by atoms with Crippen molar-refractivity contribution in [3.8, 4) is 0 Å². The molecule has 0 fully saturated rings. The van der Waals surface area contributed by atoms with Crippen LogP contribution in [-0.2, 0) is 4.79 Å². The van der Waals surface area contributed by atoms with Gasteiger partial charge in [-0.1, -0.05) is 11.6 Å². The second kappa shape index (κ2) is 6.98. The Morgan fingerprint density at radius 1 is 1.33 bits per heavy atom. The van der Waals surface area contributed by atoms with Gasteiger partial charge in [-0.15, -0.1) is 0 Å². The minimum atomic E-state index is -1.03. The number of aliphatic carboxylic acids is 1. The van der Waals surface area contributed by atoms with Gasteiger partial charge in [0, 0.05) is 17.1 Å². The van der Waals surface area contributed by atoms with E-state index in [4.69, 9.17) is 22.4 Å². The van der Waals surface area contributed by atoms with E-state index in [0.29, 0.717) is 30.0 Å². The number of nitrogens with one attached hydrogen (secondary N) is 1. The number of hydrogen-bond acceptors (Lipinski definition) is 3. The number of carbonyl (C=O) groups excluding carboxylic acids is 1. The number of hydrogen-bond donors (Lipinski definition) is 3. The summed E-state index contributed by atoms with van der Waals surface area (Å²) < 4.78 is 0. The van der Waals surface area contributed by atoms with E-state index in [1.807, 2.05) is 0 Å². The molecule has 4 N–H and O–H groups in total. The van der Waals surface area contributed by atoms with Gasteiger partial charge in [-0.2, -0.15) is 0 Å². The first-order valence-corrected chi connectivity index (χ1v) is 5.90. The van der Waals surface area contributed by atoms with Gasteiger partial charge in [-0.05, 0) is 37.1 Å². The van der Waals surface area contributed by atoms with E-state index in [1.165, 1.54) is 0 Å².